The third-order valence-electron chi connectivity index (χ3n) is 2.98. The molecule has 1 heterocycles. The maximum Gasteiger partial charge on any atom is 0.293 e. The summed E-state index contributed by atoms with van der Waals surface area (Å²) >= 11 is 0. The van der Waals surface area contributed by atoms with E-state index in [4.69, 9.17) is 0 Å². The van der Waals surface area contributed by atoms with Crippen LogP contribution >= 0.6 is 0 Å². The Labute approximate surface area is 109 Å². The van der Waals surface area contributed by atoms with Crippen LogP contribution in [0.1, 0.15) is 19.4 Å². The van der Waals surface area contributed by atoms with Crippen molar-refractivity contribution >= 4 is 28.9 Å². The zero-order valence-electron chi connectivity index (χ0n) is 10.6. The molecule has 0 spiro atoms. The zero-order valence-corrected chi connectivity index (χ0v) is 10.6. The Morgan fingerprint density at radius 3 is 2.58 bits per heavy atom. The molecule has 0 radical (unpaired) electrons. The highest BCUT2D eigenvalue weighted by Crippen LogP contribution is 2.37. The van der Waals surface area contributed by atoms with Gasteiger partial charge in [-0.15, -0.1) is 0 Å². The van der Waals surface area contributed by atoms with Crippen LogP contribution < -0.4 is 10.2 Å². The van der Waals surface area contributed by atoms with E-state index < -0.39 is 10.8 Å². The van der Waals surface area contributed by atoms with E-state index >= 15 is 0 Å². The second-order valence-corrected chi connectivity index (χ2v) is 4.36. The van der Waals surface area contributed by atoms with Gasteiger partial charge in [0.05, 0.1) is 4.92 Å². The summed E-state index contributed by atoms with van der Waals surface area (Å²) in [6.45, 7) is 3.22. The van der Waals surface area contributed by atoms with Crippen LogP contribution in [0.4, 0.5) is 17.1 Å². The number of nitro benzene ring substituents is 1. The van der Waals surface area contributed by atoms with Crippen molar-refractivity contribution in [2.24, 2.45) is 0 Å². The summed E-state index contributed by atoms with van der Waals surface area (Å²) in [5.41, 5.74) is 1.33. The van der Waals surface area contributed by atoms with Gasteiger partial charge in [0.1, 0.15) is 5.69 Å². The molecule has 2 amide bonds. The van der Waals surface area contributed by atoms with Crippen LogP contribution in [0.3, 0.4) is 0 Å². The lowest BCUT2D eigenvalue weighted by atomic mass is 10.1. The largest absolute Gasteiger partial charge is 0.321 e. The molecule has 7 heteroatoms. The second kappa shape index (κ2) is 4.68. The lowest BCUT2D eigenvalue weighted by molar-refractivity contribution is -0.384. The summed E-state index contributed by atoms with van der Waals surface area (Å²) in [6, 6.07) is 2.91. The Balaban J connectivity index is 2.53. The SMILES string of the molecule is CC(=O)Nc1cc2c(cc1[N+](=O)[O-])CCN2C(C)=O. The van der Waals surface area contributed by atoms with Gasteiger partial charge in [-0.1, -0.05) is 0 Å². The van der Waals surface area contributed by atoms with E-state index in [0.717, 1.165) is 5.56 Å². The maximum atomic E-state index is 11.5. The molecule has 19 heavy (non-hydrogen) atoms. The van der Waals surface area contributed by atoms with Gasteiger partial charge in [-0.2, -0.15) is 0 Å². The number of anilines is 2. The Morgan fingerprint density at radius 1 is 1.37 bits per heavy atom. The topological polar surface area (TPSA) is 92.5 Å². The van der Waals surface area contributed by atoms with Gasteiger partial charge >= 0.3 is 0 Å². The second-order valence-electron chi connectivity index (χ2n) is 4.36. The monoisotopic (exact) mass is 263 g/mol. The fourth-order valence-electron chi connectivity index (χ4n) is 2.19. The number of rotatable bonds is 2. The van der Waals surface area contributed by atoms with Crippen LogP contribution in [-0.2, 0) is 16.0 Å². The first kappa shape index (κ1) is 13.0. The number of hydrogen-bond donors (Lipinski definition) is 1. The van der Waals surface area contributed by atoms with Gasteiger partial charge in [0, 0.05) is 32.1 Å². The van der Waals surface area contributed by atoms with Crippen LogP contribution in [0, 0.1) is 10.1 Å². The summed E-state index contributed by atoms with van der Waals surface area (Å²) in [5.74, 6) is -0.517. The first-order valence-corrected chi connectivity index (χ1v) is 5.77. The molecule has 1 aliphatic heterocycles. The van der Waals surface area contributed by atoms with Gasteiger partial charge in [-0.25, -0.2) is 0 Å². The molecule has 0 bridgehead atoms. The van der Waals surface area contributed by atoms with Gasteiger partial charge < -0.3 is 10.2 Å². The van der Waals surface area contributed by atoms with Gasteiger partial charge in [-0.05, 0) is 18.1 Å². The van der Waals surface area contributed by atoms with Gasteiger partial charge in [0.15, 0.2) is 0 Å². The predicted octanol–water partition coefficient (Wildman–Crippen LogP) is 1.46. The lowest BCUT2D eigenvalue weighted by Crippen LogP contribution is -2.25. The molecule has 1 N–H and O–H groups in total. The van der Waals surface area contributed by atoms with E-state index in [-0.39, 0.29) is 17.3 Å². The molecule has 0 atom stereocenters. The van der Waals surface area contributed by atoms with Crippen molar-refractivity contribution in [2.45, 2.75) is 20.3 Å². The minimum Gasteiger partial charge on any atom is -0.321 e. The molecular weight excluding hydrogens is 250 g/mol. The van der Waals surface area contributed by atoms with Crippen molar-refractivity contribution in [3.63, 3.8) is 0 Å². The number of amides is 2. The van der Waals surface area contributed by atoms with Crippen LogP contribution in [0.2, 0.25) is 0 Å². The molecule has 0 aliphatic carbocycles. The fourth-order valence-corrected chi connectivity index (χ4v) is 2.19. The van der Waals surface area contributed by atoms with Crippen molar-refractivity contribution in [1.82, 2.24) is 0 Å². The summed E-state index contributed by atoms with van der Waals surface area (Å²) in [6.07, 6.45) is 0.579. The molecule has 7 nitrogen and oxygen atoms in total. The van der Waals surface area contributed by atoms with Crippen LogP contribution in [0.15, 0.2) is 12.1 Å². The maximum absolute atomic E-state index is 11.5. The summed E-state index contributed by atoms with van der Waals surface area (Å²) in [4.78, 5) is 34.6. The normalized spacial score (nSPS) is 13.1. The van der Waals surface area contributed by atoms with E-state index in [1.807, 2.05) is 0 Å². The first-order chi connectivity index (χ1) is 8.90. The van der Waals surface area contributed by atoms with Crippen molar-refractivity contribution in [2.75, 3.05) is 16.8 Å². The molecule has 2 rings (SSSR count). The van der Waals surface area contributed by atoms with E-state index in [0.29, 0.717) is 18.7 Å². The Kier molecular flexibility index (Phi) is 3.20. The first-order valence-electron chi connectivity index (χ1n) is 5.77. The van der Waals surface area contributed by atoms with E-state index in [1.165, 1.54) is 26.0 Å². The Bertz CT molecular complexity index is 583. The highest BCUT2D eigenvalue weighted by Gasteiger charge is 2.27. The molecule has 0 saturated carbocycles. The smallest absolute Gasteiger partial charge is 0.293 e. The van der Waals surface area contributed by atoms with Gasteiger partial charge in [-0.3, -0.25) is 19.7 Å². The number of nitrogens with zero attached hydrogens (tertiary/aromatic N) is 2. The van der Waals surface area contributed by atoms with Crippen molar-refractivity contribution in [1.29, 1.82) is 0 Å². The third-order valence-corrected chi connectivity index (χ3v) is 2.98. The van der Waals surface area contributed by atoms with Crippen LogP contribution in [0.25, 0.3) is 0 Å². The van der Waals surface area contributed by atoms with Crippen molar-refractivity contribution in [3.8, 4) is 0 Å². The minimum absolute atomic E-state index is 0.115. The average Bonchev–Trinajstić information content (AvgIpc) is 2.69. The number of carbonyl (C=O) groups excluding carboxylic acids is 2. The molecular formula is C12H13N3O4. The number of carbonyl (C=O) groups is 2. The van der Waals surface area contributed by atoms with E-state index in [2.05, 4.69) is 5.32 Å². The molecule has 0 fully saturated rings. The summed E-state index contributed by atoms with van der Waals surface area (Å²) < 4.78 is 0. The lowest BCUT2D eigenvalue weighted by Gasteiger charge is -2.15. The molecule has 0 unspecified atom stereocenters. The number of hydrogen-bond acceptors (Lipinski definition) is 4. The molecule has 1 aromatic carbocycles. The molecule has 0 aromatic heterocycles. The molecule has 1 aromatic rings. The van der Waals surface area contributed by atoms with Crippen LogP contribution in [0.5, 0.6) is 0 Å². The number of nitro groups is 1. The predicted molar refractivity (Wildman–Crippen MR) is 69.1 cm³/mol. The zero-order chi connectivity index (χ0) is 14.2. The van der Waals surface area contributed by atoms with E-state index in [9.17, 15) is 19.7 Å². The van der Waals surface area contributed by atoms with Crippen LogP contribution in [-0.4, -0.2) is 23.3 Å². The molecule has 100 valence electrons. The quantitative estimate of drug-likeness (QED) is 0.645. The van der Waals surface area contributed by atoms with Gasteiger partial charge in [0.2, 0.25) is 11.8 Å². The summed E-state index contributed by atoms with van der Waals surface area (Å²) in [7, 11) is 0. The average molecular weight is 263 g/mol. The molecule has 0 saturated heterocycles. The Morgan fingerprint density at radius 2 is 2.05 bits per heavy atom. The Hall–Kier alpha value is -2.44. The number of nitrogens with one attached hydrogen (secondary N) is 1. The third kappa shape index (κ3) is 2.40. The fraction of sp³-hybridized carbons (Fsp3) is 0.333. The number of fused-ring (bicyclic) bond motifs is 1. The number of benzene rings is 1. The highest BCUT2D eigenvalue weighted by atomic mass is 16.6. The standard InChI is InChI=1S/C12H13N3O4/c1-7(16)13-10-6-11-9(5-12(10)15(18)19)3-4-14(11)8(2)17/h5-6H,3-4H2,1-2H3,(H,13,16). The van der Waals surface area contributed by atoms with Crippen molar-refractivity contribution < 1.29 is 14.5 Å². The molecule has 1 aliphatic rings. The van der Waals surface area contributed by atoms with E-state index in [1.54, 1.807) is 4.90 Å². The van der Waals surface area contributed by atoms with Gasteiger partial charge in [0.25, 0.3) is 5.69 Å². The van der Waals surface area contributed by atoms with Crippen molar-refractivity contribution in [3.05, 3.63) is 27.8 Å². The highest BCUT2D eigenvalue weighted by molar-refractivity contribution is 5.97. The minimum atomic E-state index is -0.540. The summed E-state index contributed by atoms with van der Waals surface area (Å²) in [5, 5.41) is 13.4.